The highest BCUT2D eigenvalue weighted by Gasteiger charge is 2.17. The van der Waals surface area contributed by atoms with Crippen LogP contribution in [0.2, 0.25) is 0 Å². The van der Waals surface area contributed by atoms with Crippen molar-refractivity contribution < 1.29 is 9.53 Å². The first-order valence-electron chi connectivity index (χ1n) is 5.76. The van der Waals surface area contributed by atoms with Gasteiger partial charge in [-0.2, -0.15) is 0 Å². The smallest absolute Gasteiger partial charge is 0.251 e. The lowest BCUT2D eigenvalue weighted by Gasteiger charge is -2.21. The van der Waals surface area contributed by atoms with Crippen molar-refractivity contribution in [3.05, 3.63) is 32.2 Å². The number of amides is 1. The summed E-state index contributed by atoms with van der Waals surface area (Å²) in [6.07, 6.45) is 0. The predicted molar refractivity (Wildman–Crippen MR) is 82.6 cm³/mol. The van der Waals surface area contributed by atoms with Gasteiger partial charge in [0.15, 0.2) is 0 Å². The van der Waals surface area contributed by atoms with Gasteiger partial charge >= 0.3 is 0 Å². The molecule has 2 N–H and O–H groups in total. The number of hydrogen-bond donors (Lipinski definition) is 2. The summed E-state index contributed by atoms with van der Waals surface area (Å²) < 4.78 is 6.86. The zero-order valence-corrected chi connectivity index (χ0v) is 13.8. The maximum atomic E-state index is 12.1. The van der Waals surface area contributed by atoms with Crippen LogP contribution in [0.3, 0.4) is 0 Å². The fraction of sp³-hybridized carbons (Fsp3) is 0.308. The standard InChI is InChI=1S/C13H14Br2N2O2/c1-7(8-5-16-6-8)13(18)17-11-4-12(19-2)10(15)3-9(11)14/h3-4,16H,5-6H2,1-2H3,(H,17,18). The molecule has 0 aromatic heterocycles. The summed E-state index contributed by atoms with van der Waals surface area (Å²) in [6.45, 7) is 3.43. The van der Waals surface area contributed by atoms with Crippen LogP contribution in [0.1, 0.15) is 6.92 Å². The minimum Gasteiger partial charge on any atom is -0.495 e. The third-order valence-corrected chi connectivity index (χ3v) is 4.31. The fourth-order valence-electron chi connectivity index (χ4n) is 1.67. The van der Waals surface area contributed by atoms with Crippen LogP contribution < -0.4 is 15.4 Å². The van der Waals surface area contributed by atoms with Gasteiger partial charge in [-0.3, -0.25) is 4.79 Å². The molecule has 1 aromatic carbocycles. The molecule has 4 nitrogen and oxygen atoms in total. The summed E-state index contributed by atoms with van der Waals surface area (Å²) in [5, 5.41) is 6.01. The zero-order chi connectivity index (χ0) is 14.0. The molecule has 0 saturated carbocycles. The zero-order valence-electron chi connectivity index (χ0n) is 10.6. The minimum atomic E-state index is -0.0819. The largest absolute Gasteiger partial charge is 0.495 e. The number of anilines is 1. The summed E-state index contributed by atoms with van der Waals surface area (Å²) in [4.78, 5) is 12.1. The Morgan fingerprint density at radius 1 is 1.32 bits per heavy atom. The fourth-order valence-corrected chi connectivity index (χ4v) is 2.93. The molecule has 1 fully saturated rings. The summed E-state index contributed by atoms with van der Waals surface area (Å²) in [5.74, 6) is 0.593. The lowest BCUT2D eigenvalue weighted by molar-refractivity contribution is -0.112. The van der Waals surface area contributed by atoms with E-state index >= 15 is 0 Å². The van der Waals surface area contributed by atoms with Gasteiger partial charge in [-0.1, -0.05) is 0 Å². The Morgan fingerprint density at radius 2 is 2.00 bits per heavy atom. The van der Waals surface area contributed by atoms with E-state index in [1.54, 1.807) is 13.2 Å². The number of methoxy groups -OCH3 is 1. The van der Waals surface area contributed by atoms with Gasteiger partial charge in [-0.25, -0.2) is 0 Å². The molecule has 1 aliphatic rings. The molecule has 0 radical (unpaired) electrons. The number of hydrogen-bond acceptors (Lipinski definition) is 3. The molecule has 0 spiro atoms. The number of ether oxygens (including phenoxy) is 1. The van der Waals surface area contributed by atoms with E-state index < -0.39 is 0 Å². The Balaban J connectivity index is 2.21. The van der Waals surface area contributed by atoms with Crippen LogP contribution in [0.5, 0.6) is 5.75 Å². The molecule has 1 amide bonds. The molecular formula is C13H14Br2N2O2. The first kappa shape index (κ1) is 14.6. The Kier molecular flexibility index (Phi) is 4.65. The number of nitrogens with one attached hydrogen (secondary N) is 2. The molecule has 0 aliphatic carbocycles. The third kappa shape index (κ3) is 3.19. The van der Waals surface area contributed by atoms with Crippen molar-refractivity contribution in [1.82, 2.24) is 5.32 Å². The molecule has 1 saturated heterocycles. The van der Waals surface area contributed by atoms with Crippen molar-refractivity contribution in [2.45, 2.75) is 6.92 Å². The molecular weight excluding hydrogens is 376 g/mol. The van der Waals surface area contributed by atoms with Crippen LogP contribution in [0.4, 0.5) is 5.69 Å². The van der Waals surface area contributed by atoms with E-state index in [0.29, 0.717) is 11.4 Å². The van der Waals surface area contributed by atoms with E-state index in [1.165, 1.54) is 0 Å². The van der Waals surface area contributed by atoms with Gasteiger partial charge in [0.2, 0.25) is 0 Å². The number of rotatable bonds is 3. The Morgan fingerprint density at radius 3 is 2.53 bits per heavy atom. The van der Waals surface area contributed by atoms with Crippen LogP contribution in [0.25, 0.3) is 0 Å². The average molecular weight is 390 g/mol. The Hall–Kier alpha value is -0.850. The maximum absolute atomic E-state index is 12.1. The monoisotopic (exact) mass is 388 g/mol. The van der Waals surface area contributed by atoms with E-state index in [2.05, 4.69) is 42.5 Å². The molecule has 0 unspecified atom stereocenters. The second-order valence-electron chi connectivity index (χ2n) is 4.25. The van der Waals surface area contributed by atoms with Crippen LogP contribution >= 0.6 is 31.9 Å². The lowest BCUT2D eigenvalue weighted by Crippen LogP contribution is -2.36. The molecule has 1 aliphatic heterocycles. The number of carbonyl (C=O) groups is 1. The van der Waals surface area contributed by atoms with Gasteiger partial charge in [0.05, 0.1) is 17.3 Å². The van der Waals surface area contributed by atoms with Crippen molar-refractivity contribution in [3.8, 4) is 5.75 Å². The van der Waals surface area contributed by atoms with Crippen molar-refractivity contribution in [3.63, 3.8) is 0 Å². The lowest BCUT2D eigenvalue weighted by atomic mass is 10.0. The molecule has 2 rings (SSSR count). The van der Waals surface area contributed by atoms with E-state index in [-0.39, 0.29) is 5.91 Å². The van der Waals surface area contributed by atoms with Crippen molar-refractivity contribution in [2.75, 3.05) is 25.5 Å². The Bertz CT molecular complexity index is 550. The summed E-state index contributed by atoms with van der Waals surface area (Å²) >= 11 is 6.82. The first-order valence-corrected chi connectivity index (χ1v) is 7.35. The molecule has 1 aromatic rings. The van der Waals surface area contributed by atoms with Crippen LogP contribution in [-0.2, 0) is 4.79 Å². The average Bonchev–Trinajstić information content (AvgIpc) is 2.30. The maximum Gasteiger partial charge on any atom is 0.251 e. The molecule has 6 heteroatoms. The van der Waals surface area contributed by atoms with Gasteiger partial charge in [0.25, 0.3) is 5.91 Å². The van der Waals surface area contributed by atoms with Crippen molar-refractivity contribution in [1.29, 1.82) is 0 Å². The first-order chi connectivity index (χ1) is 9.02. The highest BCUT2D eigenvalue weighted by molar-refractivity contribution is 9.11. The van der Waals surface area contributed by atoms with E-state index in [1.807, 2.05) is 13.0 Å². The van der Waals surface area contributed by atoms with Gasteiger partial charge in [0, 0.05) is 29.2 Å². The van der Waals surface area contributed by atoms with Crippen LogP contribution in [0, 0.1) is 0 Å². The summed E-state index contributed by atoms with van der Waals surface area (Å²) in [6, 6.07) is 3.63. The quantitative estimate of drug-likeness (QED) is 0.781. The SMILES string of the molecule is COc1cc(NC(=O)C(C)=C2CNC2)c(Br)cc1Br. The number of benzene rings is 1. The van der Waals surface area contributed by atoms with Crippen LogP contribution in [0.15, 0.2) is 32.2 Å². The van der Waals surface area contributed by atoms with E-state index in [4.69, 9.17) is 4.74 Å². The van der Waals surface area contributed by atoms with Crippen LogP contribution in [-0.4, -0.2) is 26.1 Å². The van der Waals surface area contributed by atoms with Crippen molar-refractivity contribution >= 4 is 43.5 Å². The highest BCUT2D eigenvalue weighted by Crippen LogP contribution is 2.34. The summed E-state index contributed by atoms with van der Waals surface area (Å²) in [5.41, 5.74) is 2.61. The molecule has 19 heavy (non-hydrogen) atoms. The molecule has 0 bridgehead atoms. The number of carbonyl (C=O) groups excluding carboxylic acids is 1. The predicted octanol–water partition coefficient (Wildman–Crippen LogP) is 3.08. The highest BCUT2D eigenvalue weighted by atomic mass is 79.9. The normalized spacial score (nSPS) is 13.8. The second-order valence-corrected chi connectivity index (χ2v) is 5.96. The molecule has 0 atom stereocenters. The van der Waals surface area contributed by atoms with E-state index in [0.717, 1.165) is 33.2 Å². The summed E-state index contributed by atoms with van der Waals surface area (Å²) in [7, 11) is 1.59. The van der Waals surface area contributed by atoms with Crippen molar-refractivity contribution in [2.24, 2.45) is 0 Å². The van der Waals surface area contributed by atoms with E-state index in [9.17, 15) is 4.79 Å². The van der Waals surface area contributed by atoms with Gasteiger partial charge in [-0.15, -0.1) is 0 Å². The minimum absolute atomic E-state index is 0.0819. The van der Waals surface area contributed by atoms with Gasteiger partial charge in [-0.05, 0) is 50.4 Å². The van der Waals surface area contributed by atoms with Gasteiger partial charge < -0.3 is 15.4 Å². The number of halogens is 2. The molecule has 1 heterocycles. The van der Waals surface area contributed by atoms with Gasteiger partial charge in [0.1, 0.15) is 5.75 Å². The third-order valence-electron chi connectivity index (χ3n) is 3.04. The second kappa shape index (κ2) is 6.07. The molecule has 102 valence electrons. The topological polar surface area (TPSA) is 50.4 Å². The Labute approximate surface area is 128 Å².